The van der Waals surface area contributed by atoms with Gasteiger partial charge in [-0.05, 0) is 37.8 Å². The Labute approximate surface area is 158 Å². The summed E-state index contributed by atoms with van der Waals surface area (Å²) in [7, 11) is 1.55. The third-order valence-electron chi connectivity index (χ3n) is 4.41. The van der Waals surface area contributed by atoms with Gasteiger partial charge in [0.05, 0.1) is 24.3 Å². The topological polar surface area (TPSA) is 188 Å². The van der Waals surface area contributed by atoms with E-state index in [1.54, 1.807) is 13.2 Å². The van der Waals surface area contributed by atoms with Crippen LogP contribution in [-0.4, -0.2) is 55.4 Å². The molecule has 0 amide bonds. The Morgan fingerprint density at radius 1 is 1.07 bits per heavy atom. The van der Waals surface area contributed by atoms with Gasteiger partial charge < -0.3 is 26.0 Å². The predicted octanol–water partition coefficient (Wildman–Crippen LogP) is 2.04. The minimum Gasteiger partial charge on any atom is -0.387 e. The van der Waals surface area contributed by atoms with Crippen LogP contribution in [0.2, 0.25) is 0 Å². The van der Waals surface area contributed by atoms with Gasteiger partial charge in [-0.1, -0.05) is 33.5 Å². The number of nitrogens with zero attached hydrogens (tertiary/aromatic N) is 6. The van der Waals surface area contributed by atoms with Crippen LogP contribution in [0.3, 0.4) is 0 Å². The van der Waals surface area contributed by atoms with Gasteiger partial charge in [0.2, 0.25) is 0 Å². The van der Waals surface area contributed by atoms with Crippen molar-refractivity contribution < 1.29 is 14.6 Å². The maximum absolute atomic E-state index is 9.36. The number of aliphatic hydroxyl groups excluding tert-OH is 1. The molecule has 5 N–H and O–H groups in total. The Morgan fingerprint density at radius 2 is 1.59 bits per heavy atom. The molecule has 150 valence electrons. The van der Waals surface area contributed by atoms with Gasteiger partial charge in [0.25, 0.3) is 0 Å². The first-order valence-electron chi connectivity index (χ1n) is 8.56. The van der Waals surface area contributed by atoms with Crippen molar-refractivity contribution >= 4 is 0 Å². The first-order valence-corrected chi connectivity index (χ1v) is 8.56. The molecule has 6 unspecified atom stereocenters. The molecule has 0 saturated carbocycles. The van der Waals surface area contributed by atoms with Crippen LogP contribution in [0.4, 0.5) is 0 Å². The molecule has 0 aromatic carbocycles. The highest BCUT2D eigenvalue weighted by Crippen LogP contribution is 2.22. The number of nitrogens with two attached hydrogens (primary N) is 2. The van der Waals surface area contributed by atoms with E-state index < -0.39 is 12.1 Å². The Kier molecular flexibility index (Phi) is 9.84. The molecule has 6 atom stereocenters. The normalized spacial score (nSPS) is 32.7. The van der Waals surface area contributed by atoms with E-state index in [9.17, 15) is 5.11 Å². The summed E-state index contributed by atoms with van der Waals surface area (Å²) in [5.41, 5.74) is 30.3. The van der Waals surface area contributed by atoms with Crippen LogP contribution in [0.5, 0.6) is 0 Å². The van der Waals surface area contributed by atoms with E-state index in [1.807, 2.05) is 19.9 Å². The minimum absolute atomic E-state index is 0.186. The molecule has 27 heavy (non-hydrogen) atoms. The molecule has 0 radical (unpaired) electrons. The first-order chi connectivity index (χ1) is 12.8. The lowest BCUT2D eigenvalue weighted by atomic mass is 9.90. The molecule has 0 saturated heterocycles. The van der Waals surface area contributed by atoms with Gasteiger partial charge in [0.15, 0.2) is 0 Å². The highest BCUT2D eigenvalue weighted by Gasteiger charge is 2.29. The van der Waals surface area contributed by atoms with E-state index in [4.69, 9.17) is 32.0 Å². The third kappa shape index (κ3) is 7.20. The van der Waals surface area contributed by atoms with Crippen LogP contribution in [0, 0.1) is 0 Å². The fourth-order valence-electron chi connectivity index (χ4n) is 2.98. The van der Waals surface area contributed by atoms with E-state index in [-0.39, 0.29) is 31.0 Å². The molecule has 0 bridgehead atoms. The van der Waals surface area contributed by atoms with E-state index in [0.29, 0.717) is 12.8 Å². The van der Waals surface area contributed by atoms with Crippen LogP contribution in [-0.2, 0) is 9.47 Å². The second kappa shape index (κ2) is 11.6. The van der Waals surface area contributed by atoms with Gasteiger partial charge in [0, 0.05) is 29.0 Å². The lowest BCUT2D eigenvalue weighted by molar-refractivity contribution is -0.0662. The molecule has 0 spiro atoms. The largest absolute Gasteiger partial charge is 0.387 e. The average Bonchev–Trinajstić information content (AvgIpc) is 2.62. The Balaban J connectivity index is 0.000000277. The summed E-state index contributed by atoms with van der Waals surface area (Å²) in [5.74, 6) is 0. The van der Waals surface area contributed by atoms with E-state index in [2.05, 4.69) is 20.1 Å². The lowest BCUT2D eigenvalue weighted by Gasteiger charge is -2.31. The summed E-state index contributed by atoms with van der Waals surface area (Å²) in [6.07, 6.45) is 4.06. The van der Waals surface area contributed by atoms with Crippen LogP contribution in [0.15, 0.2) is 33.5 Å². The second-order valence-electron chi connectivity index (χ2n) is 6.66. The zero-order chi connectivity index (χ0) is 20.4. The number of hydrogen-bond acceptors (Lipinski definition) is 7. The van der Waals surface area contributed by atoms with Gasteiger partial charge in [0.1, 0.15) is 6.79 Å². The molecule has 11 nitrogen and oxygen atoms in total. The fourth-order valence-corrected chi connectivity index (χ4v) is 2.98. The number of methoxy groups -OCH3 is 1. The minimum atomic E-state index is -0.686. The molecule has 0 heterocycles. The molecule has 11 heteroatoms. The van der Waals surface area contributed by atoms with Crippen molar-refractivity contribution in [2.75, 3.05) is 13.9 Å². The van der Waals surface area contributed by atoms with Gasteiger partial charge in [-0.3, -0.25) is 0 Å². The Hall–Kier alpha value is -2.10. The van der Waals surface area contributed by atoms with Crippen LogP contribution >= 0.6 is 0 Å². The van der Waals surface area contributed by atoms with Gasteiger partial charge in [-0.2, -0.15) is 0 Å². The molecule has 2 rings (SSSR count). The highest BCUT2D eigenvalue weighted by molar-refractivity contribution is 5.15. The second-order valence-corrected chi connectivity index (χ2v) is 6.66. The zero-order valence-corrected chi connectivity index (χ0v) is 15.8. The number of azide groups is 2. The predicted molar refractivity (Wildman–Crippen MR) is 101 cm³/mol. The van der Waals surface area contributed by atoms with E-state index >= 15 is 0 Å². The third-order valence-corrected chi connectivity index (χ3v) is 4.41. The van der Waals surface area contributed by atoms with Gasteiger partial charge in [-0.15, -0.1) is 0 Å². The van der Waals surface area contributed by atoms with Gasteiger partial charge >= 0.3 is 0 Å². The molecule has 0 aliphatic heterocycles. The number of aliphatic hydroxyl groups is 1. The van der Waals surface area contributed by atoms with Crippen molar-refractivity contribution in [1.29, 1.82) is 0 Å². The first kappa shape index (κ1) is 22.9. The standard InChI is InChI=1S/C9H16N4O2.C7H12N4O/c1-6-3-7(12-13-11)9(10)8(4-6)15-5-14-2;1-4-2-5(10-11-9)7(8)6(12)3-4/h4,7-9H,3,5,10H2,1-2H3;3,5-7,12H,2,8H2,1H3. The fraction of sp³-hybridized carbons (Fsp3) is 0.750. The van der Waals surface area contributed by atoms with Crippen molar-refractivity contribution in [3.05, 3.63) is 44.2 Å². The Morgan fingerprint density at radius 3 is 2.11 bits per heavy atom. The van der Waals surface area contributed by atoms with E-state index in [0.717, 1.165) is 11.1 Å². The quantitative estimate of drug-likeness (QED) is 0.216. The summed E-state index contributed by atoms with van der Waals surface area (Å²) in [5, 5.41) is 16.5. The van der Waals surface area contributed by atoms with Crippen LogP contribution < -0.4 is 11.5 Å². The monoisotopic (exact) mass is 380 g/mol. The Bertz CT molecular complexity index is 640. The molecular weight excluding hydrogens is 352 g/mol. The highest BCUT2D eigenvalue weighted by atomic mass is 16.7. The summed E-state index contributed by atoms with van der Waals surface area (Å²) in [4.78, 5) is 5.48. The summed E-state index contributed by atoms with van der Waals surface area (Å²) in [6.45, 7) is 4.04. The van der Waals surface area contributed by atoms with E-state index in [1.165, 1.54) is 0 Å². The summed E-state index contributed by atoms with van der Waals surface area (Å²) >= 11 is 0. The summed E-state index contributed by atoms with van der Waals surface area (Å²) < 4.78 is 10.2. The van der Waals surface area contributed by atoms with Crippen molar-refractivity contribution in [1.82, 2.24) is 0 Å². The number of ether oxygens (including phenoxy) is 2. The number of hydrogen-bond donors (Lipinski definition) is 3. The lowest BCUT2D eigenvalue weighted by Crippen LogP contribution is -2.47. The molecular formula is C16H28N8O3. The molecule has 0 aromatic heterocycles. The smallest absolute Gasteiger partial charge is 0.147 e. The maximum Gasteiger partial charge on any atom is 0.147 e. The number of rotatable bonds is 5. The SMILES string of the molecule is CC1=CC(O)C(N)C(N=[N+]=[N-])C1.COCOC1C=C(C)CC(N=[N+]=[N-])C1N. The van der Waals surface area contributed by atoms with Crippen LogP contribution in [0.1, 0.15) is 26.7 Å². The van der Waals surface area contributed by atoms with Crippen molar-refractivity contribution in [3.8, 4) is 0 Å². The summed E-state index contributed by atoms with van der Waals surface area (Å²) in [6, 6.07) is -1.32. The van der Waals surface area contributed by atoms with Crippen molar-refractivity contribution in [2.24, 2.45) is 21.7 Å². The molecule has 0 aromatic rings. The maximum atomic E-state index is 9.36. The zero-order valence-electron chi connectivity index (χ0n) is 15.8. The van der Waals surface area contributed by atoms with Crippen molar-refractivity contribution in [2.45, 2.75) is 63.1 Å². The molecule has 0 fully saturated rings. The average molecular weight is 380 g/mol. The van der Waals surface area contributed by atoms with Crippen LogP contribution in [0.25, 0.3) is 20.9 Å². The van der Waals surface area contributed by atoms with Crippen molar-refractivity contribution in [3.63, 3.8) is 0 Å². The molecule has 2 aliphatic rings. The van der Waals surface area contributed by atoms with Gasteiger partial charge in [-0.25, -0.2) is 0 Å². The molecule has 2 aliphatic carbocycles.